The van der Waals surface area contributed by atoms with E-state index in [9.17, 15) is 0 Å². The third-order valence-corrected chi connectivity index (χ3v) is 5.74. The number of nitrogens with one attached hydrogen (secondary N) is 2. The first kappa shape index (κ1) is 22.9. The molecule has 0 saturated carbocycles. The first-order valence-electron chi connectivity index (χ1n) is 11.2. The van der Waals surface area contributed by atoms with E-state index in [4.69, 9.17) is 0 Å². The lowest BCUT2D eigenvalue weighted by Gasteiger charge is -2.33. The summed E-state index contributed by atoms with van der Waals surface area (Å²) in [6, 6.07) is 12.9. The average molecular weight is 424 g/mol. The molecule has 0 atom stereocenters. The molecule has 7 heteroatoms. The van der Waals surface area contributed by atoms with Gasteiger partial charge in [0.15, 0.2) is 5.96 Å². The summed E-state index contributed by atoms with van der Waals surface area (Å²) in [5.41, 5.74) is 3.76. The van der Waals surface area contributed by atoms with Gasteiger partial charge in [-0.25, -0.2) is 4.98 Å². The molecule has 0 spiro atoms. The summed E-state index contributed by atoms with van der Waals surface area (Å²) in [5, 5.41) is 6.87. The minimum absolute atomic E-state index is 0.721. The van der Waals surface area contributed by atoms with E-state index in [-0.39, 0.29) is 0 Å². The highest BCUT2D eigenvalue weighted by Gasteiger charge is 2.15. The Hall–Kier alpha value is -2.80. The number of hydrogen-bond donors (Lipinski definition) is 2. The monoisotopic (exact) mass is 423 g/mol. The molecule has 2 N–H and O–H groups in total. The fraction of sp³-hybridized carbons (Fsp3) is 0.500. The van der Waals surface area contributed by atoms with Gasteiger partial charge in [-0.05, 0) is 56.3 Å². The summed E-state index contributed by atoms with van der Waals surface area (Å²) in [6.45, 7) is 12.0. The third kappa shape index (κ3) is 6.85. The number of piperazine rings is 1. The van der Waals surface area contributed by atoms with Crippen LogP contribution in [-0.2, 0) is 6.54 Å². The zero-order valence-corrected chi connectivity index (χ0v) is 19.4. The van der Waals surface area contributed by atoms with Gasteiger partial charge in [-0.2, -0.15) is 0 Å². The molecule has 3 rings (SSSR count). The number of rotatable bonds is 8. The normalized spacial score (nSPS) is 15.1. The molecule has 0 aliphatic carbocycles. The van der Waals surface area contributed by atoms with Gasteiger partial charge in [-0.15, -0.1) is 0 Å². The van der Waals surface area contributed by atoms with Crippen molar-refractivity contribution in [1.29, 1.82) is 0 Å². The van der Waals surface area contributed by atoms with Crippen molar-refractivity contribution in [2.75, 3.05) is 69.7 Å². The van der Waals surface area contributed by atoms with Crippen LogP contribution < -0.4 is 20.4 Å². The van der Waals surface area contributed by atoms with Crippen LogP contribution in [0.3, 0.4) is 0 Å². The lowest BCUT2D eigenvalue weighted by molar-refractivity contribution is 0.312. The Morgan fingerprint density at radius 3 is 2.65 bits per heavy atom. The number of nitrogens with zero attached hydrogens (tertiary/aromatic N) is 5. The zero-order valence-electron chi connectivity index (χ0n) is 19.4. The molecule has 0 bridgehead atoms. The molecule has 1 aliphatic rings. The Balaban J connectivity index is 1.47. The van der Waals surface area contributed by atoms with E-state index in [1.165, 1.54) is 16.8 Å². The highest BCUT2D eigenvalue weighted by Crippen LogP contribution is 2.16. The van der Waals surface area contributed by atoms with Gasteiger partial charge in [-0.3, -0.25) is 4.99 Å². The first-order chi connectivity index (χ1) is 15.1. The van der Waals surface area contributed by atoms with E-state index in [2.05, 4.69) is 92.6 Å². The maximum Gasteiger partial charge on any atom is 0.191 e. The van der Waals surface area contributed by atoms with E-state index in [1.807, 2.05) is 13.2 Å². The predicted molar refractivity (Wildman–Crippen MR) is 131 cm³/mol. The van der Waals surface area contributed by atoms with Crippen LogP contribution in [0.25, 0.3) is 0 Å². The number of likely N-dealkylation sites (N-methyl/N-ethyl adjacent to an activating group) is 2. The van der Waals surface area contributed by atoms with Crippen LogP contribution in [0.4, 0.5) is 11.5 Å². The highest BCUT2D eigenvalue weighted by molar-refractivity contribution is 5.79. The molecule has 2 aromatic rings. The van der Waals surface area contributed by atoms with Gasteiger partial charge >= 0.3 is 0 Å². The molecule has 2 heterocycles. The van der Waals surface area contributed by atoms with E-state index in [0.29, 0.717) is 0 Å². The largest absolute Gasteiger partial charge is 0.370 e. The molecule has 0 radical (unpaired) electrons. The number of benzene rings is 1. The Labute approximate surface area is 187 Å². The number of aryl methyl sites for hydroxylation is 1. The van der Waals surface area contributed by atoms with E-state index in [0.717, 1.165) is 64.1 Å². The van der Waals surface area contributed by atoms with Gasteiger partial charge in [-0.1, -0.05) is 12.1 Å². The molecule has 0 unspecified atom stereocenters. The highest BCUT2D eigenvalue weighted by atomic mass is 15.3. The maximum atomic E-state index is 4.58. The molecule has 168 valence electrons. The van der Waals surface area contributed by atoms with E-state index in [1.54, 1.807) is 0 Å². The summed E-state index contributed by atoms with van der Waals surface area (Å²) in [5.74, 6) is 1.88. The average Bonchev–Trinajstić information content (AvgIpc) is 2.79. The van der Waals surface area contributed by atoms with Crippen molar-refractivity contribution in [3.8, 4) is 0 Å². The van der Waals surface area contributed by atoms with Gasteiger partial charge < -0.3 is 25.3 Å². The second kappa shape index (κ2) is 11.6. The van der Waals surface area contributed by atoms with Gasteiger partial charge in [0.1, 0.15) is 5.82 Å². The lowest BCUT2D eigenvalue weighted by Crippen LogP contribution is -2.44. The van der Waals surface area contributed by atoms with E-state index < -0.39 is 0 Å². The SMILES string of the molecule is CCN(CCNC(=NC)NCc1ccnc(N2CCN(C)CC2)c1)c1cccc(C)c1. The van der Waals surface area contributed by atoms with Crippen LogP contribution in [0.1, 0.15) is 18.1 Å². The van der Waals surface area contributed by atoms with Crippen molar-refractivity contribution >= 4 is 17.5 Å². The summed E-state index contributed by atoms with van der Waals surface area (Å²) in [7, 11) is 3.99. The number of hydrogen-bond acceptors (Lipinski definition) is 5. The molecule has 1 aliphatic heterocycles. The smallest absolute Gasteiger partial charge is 0.191 e. The number of guanidine groups is 1. The second-order valence-corrected chi connectivity index (χ2v) is 8.08. The van der Waals surface area contributed by atoms with Crippen LogP contribution in [0.5, 0.6) is 0 Å². The van der Waals surface area contributed by atoms with Crippen molar-refractivity contribution in [3.05, 3.63) is 53.7 Å². The molecule has 1 aromatic carbocycles. The predicted octanol–water partition coefficient (Wildman–Crippen LogP) is 2.33. The van der Waals surface area contributed by atoms with Crippen molar-refractivity contribution < 1.29 is 0 Å². The molecular weight excluding hydrogens is 386 g/mol. The summed E-state index contributed by atoms with van der Waals surface area (Å²) < 4.78 is 0. The second-order valence-electron chi connectivity index (χ2n) is 8.08. The molecular formula is C24H37N7. The fourth-order valence-corrected chi connectivity index (χ4v) is 3.79. The fourth-order valence-electron chi connectivity index (χ4n) is 3.79. The Morgan fingerprint density at radius 2 is 1.94 bits per heavy atom. The van der Waals surface area contributed by atoms with Crippen LogP contribution in [0.2, 0.25) is 0 Å². The molecule has 7 nitrogen and oxygen atoms in total. The molecule has 1 aromatic heterocycles. The van der Waals surface area contributed by atoms with Crippen LogP contribution >= 0.6 is 0 Å². The van der Waals surface area contributed by atoms with E-state index >= 15 is 0 Å². The minimum atomic E-state index is 0.721. The van der Waals surface area contributed by atoms with Crippen LogP contribution in [0, 0.1) is 6.92 Å². The quantitative estimate of drug-likeness (QED) is 0.502. The summed E-state index contributed by atoms with van der Waals surface area (Å²) in [4.78, 5) is 16.0. The van der Waals surface area contributed by atoms with Crippen LogP contribution in [-0.4, -0.2) is 75.8 Å². The Morgan fingerprint density at radius 1 is 1.13 bits per heavy atom. The maximum absolute atomic E-state index is 4.58. The molecule has 31 heavy (non-hydrogen) atoms. The number of anilines is 2. The third-order valence-electron chi connectivity index (χ3n) is 5.74. The topological polar surface area (TPSA) is 59.0 Å². The van der Waals surface area contributed by atoms with Gasteiger partial charge in [0, 0.05) is 71.3 Å². The van der Waals surface area contributed by atoms with Crippen LogP contribution in [0.15, 0.2) is 47.6 Å². The van der Waals surface area contributed by atoms with Crippen molar-refractivity contribution in [2.45, 2.75) is 20.4 Å². The van der Waals surface area contributed by atoms with Gasteiger partial charge in [0.25, 0.3) is 0 Å². The molecule has 1 saturated heterocycles. The van der Waals surface area contributed by atoms with Crippen molar-refractivity contribution in [3.63, 3.8) is 0 Å². The zero-order chi connectivity index (χ0) is 22.1. The minimum Gasteiger partial charge on any atom is -0.370 e. The number of aliphatic imine (C=N–C) groups is 1. The van der Waals surface area contributed by atoms with Crippen molar-refractivity contribution in [2.24, 2.45) is 4.99 Å². The van der Waals surface area contributed by atoms with Crippen molar-refractivity contribution in [1.82, 2.24) is 20.5 Å². The standard InChI is InChI=1S/C24H37N7/c1-5-30(22-8-6-7-20(2)17-22)12-11-27-24(25-3)28-19-21-9-10-26-23(18-21)31-15-13-29(4)14-16-31/h6-10,17-18H,5,11-16,19H2,1-4H3,(H2,25,27,28). The first-order valence-corrected chi connectivity index (χ1v) is 11.2. The summed E-state index contributed by atoms with van der Waals surface area (Å²) in [6.07, 6.45) is 1.90. The summed E-state index contributed by atoms with van der Waals surface area (Å²) >= 11 is 0. The molecule has 0 amide bonds. The number of aromatic nitrogens is 1. The Bertz CT molecular complexity index is 843. The molecule has 1 fully saturated rings. The number of pyridine rings is 1. The lowest BCUT2D eigenvalue weighted by atomic mass is 10.2. The Kier molecular flexibility index (Phi) is 8.53. The van der Waals surface area contributed by atoms with Gasteiger partial charge in [0.2, 0.25) is 0 Å². The van der Waals surface area contributed by atoms with Gasteiger partial charge in [0.05, 0.1) is 0 Å².